The van der Waals surface area contributed by atoms with E-state index >= 15 is 0 Å². The molecule has 2 atom stereocenters. The van der Waals surface area contributed by atoms with E-state index in [2.05, 4.69) is 26.0 Å². The predicted octanol–water partition coefficient (Wildman–Crippen LogP) is 7.88. The highest BCUT2D eigenvalue weighted by Gasteiger charge is 2.32. The molecule has 0 aliphatic heterocycles. The zero-order valence-electron chi connectivity index (χ0n) is 19.8. The van der Waals surface area contributed by atoms with E-state index in [4.69, 9.17) is 0 Å². The SMILES string of the molecule is O=C(Nc1ccc(C(F)(F)F)cc1F)C1CCCC(c2ccc(Br)cc2)C1.O=COCc1ccccc1. The molecule has 0 bridgehead atoms. The number of ether oxygens (including phenoxy) is 1. The molecule has 3 aromatic rings. The van der Waals surface area contributed by atoms with Crippen LogP contribution in [0.1, 0.15) is 48.3 Å². The smallest absolute Gasteiger partial charge is 0.416 e. The van der Waals surface area contributed by atoms with E-state index < -0.39 is 17.6 Å². The molecule has 0 aromatic heterocycles. The number of nitrogens with one attached hydrogen (secondary N) is 1. The largest absolute Gasteiger partial charge is 0.463 e. The minimum absolute atomic E-state index is 0.223. The van der Waals surface area contributed by atoms with Crippen molar-refractivity contribution in [1.29, 1.82) is 0 Å². The van der Waals surface area contributed by atoms with Crippen LogP contribution in [-0.4, -0.2) is 12.4 Å². The van der Waals surface area contributed by atoms with E-state index in [1.165, 1.54) is 0 Å². The van der Waals surface area contributed by atoms with Crippen LogP contribution in [0.2, 0.25) is 0 Å². The summed E-state index contributed by atoms with van der Waals surface area (Å²) in [6, 6.07) is 19.6. The molecule has 1 aliphatic rings. The number of alkyl halides is 3. The van der Waals surface area contributed by atoms with Gasteiger partial charge in [-0.3, -0.25) is 9.59 Å². The normalized spacial score (nSPS) is 17.2. The van der Waals surface area contributed by atoms with Gasteiger partial charge in [0.25, 0.3) is 6.47 Å². The molecule has 1 saturated carbocycles. The highest BCUT2D eigenvalue weighted by molar-refractivity contribution is 9.10. The number of hydrogen-bond acceptors (Lipinski definition) is 3. The summed E-state index contributed by atoms with van der Waals surface area (Å²) in [6.45, 7) is 0.817. The summed E-state index contributed by atoms with van der Waals surface area (Å²) in [5.74, 6) is -1.50. The Hall–Kier alpha value is -3.20. The molecule has 0 heterocycles. The zero-order valence-corrected chi connectivity index (χ0v) is 21.4. The third-order valence-electron chi connectivity index (χ3n) is 6.10. The zero-order chi connectivity index (χ0) is 26.8. The summed E-state index contributed by atoms with van der Waals surface area (Å²) in [5, 5.41) is 2.45. The van der Waals surface area contributed by atoms with Crippen LogP contribution in [0.4, 0.5) is 23.2 Å². The molecule has 1 aliphatic carbocycles. The summed E-state index contributed by atoms with van der Waals surface area (Å²) in [5.41, 5.74) is 0.857. The number of benzene rings is 3. The minimum Gasteiger partial charge on any atom is -0.463 e. The van der Waals surface area contributed by atoms with Crippen molar-refractivity contribution in [2.45, 2.75) is 44.4 Å². The van der Waals surface area contributed by atoms with E-state index in [0.29, 0.717) is 32.0 Å². The van der Waals surface area contributed by atoms with E-state index in [1.807, 2.05) is 54.6 Å². The van der Waals surface area contributed by atoms with Gasteiger partial charge < -0.3 is 10.1 Å². The Balaban J connectivity index is 0.000000319. The molecule has 37 heavy (non-hydrogen) atoms. The lowest BCUT2D eigenvalue weighted by molar-refractivity contribution is -0.137. The van der Waals surface area contributed by atoms with E-state index in [-0.39, 0.29) is 23.4 Å². The van der Waals surface area contributed by atoms with Crippen molar-refractivity contribution < 1.29 is 31.9 Å². The second kappa shape index (κ2) is 13.4. The van der Waals surface area contributed by atoms with Crippen LogP contribution in [0.15, 0.2) is 77.3 Å². The third kappa shape index (κ3) is 8.70. The molecular formula is C28H26BrF4NO3. The summed E-state index contributed by atoms with van der Waals surface area (Å²) in [6.07, 6.45) is -1.46. The first kappa shape index (κ1) is 28.4. The molecule has 0 saturated heterocycles. The molecule has 2 unspecified atom stereocenters. The number of carbonyl (C=O) groups excluding carboxylic acids is 2. The number of amides is 1. The monoisotopic (exact) mass is 579 g/mol. The molecule has 196 valence electrons. The van der Waals surface area contributed by atoms with Gasteiger partial charge in [-0.05, 0) is 66.6 Å². The van der Waals surface area contributed by atoms with Gasteiger partial charge in [-0.15, -0.1) is 0 Å². The molecular weight excluding hydrogens is 554 g/mol. The number of anilines is 1. The first-order chi connectivity index (χ1) is 17.7. The van der Waals surface area contributed by atoms with Crippen LogP contribution in [0.5, 0.6) is 0 Å². The van der Waals surface area contributed by atoms with Crippen LogP contribution in [-0.2, 0) is 27.1 Å². The number of rotatable bonds is 6. The van der Waals surface area contributed by atoms with Crippen LogP contribution >= 0.6 is 15.9 Å². The molecule has 0 radical (unpaired) electrons. The van der Waals surface area contributed by atoms with Crippen LogP contribution in [0, 0.1) is 11.7 Å². The lowest BCUT2D eigenvalue weighted by Crippen LogP contribution is -2.28. The molecule has 4 nitrogen and oxygen atoms in total. The lowest BCUT2D eigenvalue weighted by Gasteiger charge is -2.28. The number of hydrogen-bond donors (Lipinski definition) is 1. The van der Waals surface area contributed by atoms with Crippen molar-refractivity contribution in [3.05, 3.63) is 99.8 Å². The third-order valence-corrected chi connectivity index (χ3v) is 6.63. The van der Waals surface area contributed by atoms with Gasteiger partial charge in [0.2, 0.25) is 5.91 Å². The van der Waals surface area contributed by atoms with Gasteiger partial charge in [-0.25, -0.2) is 4.39 Å². The van der Waals surface area contributed by atoms with Gasteiger partial charge in [0.05, 0.1) is 11.3 Å². The second-order valence-corrected chi connectivity index (χ2v) is 9.60. The van der Waals surface area contributed by atoms with Crippen molar-refractivity contribution in [3.63, 3.8) is 0 Å². The average Bonchev–Trinajstić information content (AvgIpc) is 2.89. The molecule has 1 amide bonds. The lowest BCUT2D eigenvalue weighted by atomic mass is 9.77. The predicted molar refractivity (Wildman–Crippen MR) is 136 cm³/mol. The fourth-order valence-electron chi connectivity index (χ4n) is 4.20. The second-order valence-electron chi connectivity index (χ2n) is 8.69. The van der Waals surface area contributed by atoms with Gasteiger partial charge in [-0.2, -0.15) is 13.2 Å². The summed E-state index contributed by atoms with van der Waals surface area (Å²) < 4.78 is 57.4. The molecule has 1 fully saturated rings. The Morgan fingerprint density at radius 3 is 2.35 bits per heavy atom. The van der Waals surface area contributed by atoms with Gasteiger partial charge >= 0.3 is 6.18 Å². The Kier molecular flexibility index (Phi) is 10.3. The Morgan fingerprint density at radius 2 is 1.73 bits per heavy atom. The fraction of sp³-hybridized carbons (Fsp3) is 0.286. The first-order valence-corrected chi connectivity index (χ1v) is 12.5. The van der Waals surface area contributed by atoms with E-state index in [0.717, 1.165) is 40.6 Å². The summed E-state index contributed by atoms with van der Waals surface area (Å²) in [7, 11) is 0. The van der Waals surface area contributed by atoms with Crippen molar-refractivity contribution >= 4 is 34.0 Å². The van der Waals surface area contributed by atoms with Crippen molar-refractivity contribution in [2.75, 3.05) is 5.32 Å². The first-order valence-electron chi connectivity index (χ1n) is 11.7. The van der Waals surface area contributed by atoms with Gasteiger partial charge in [0, 0.05) is 10.4 Å². The maximum absolute atomic E-state index is 14.0. The van der Waals surface area contributed by atoms with Crippen LogP contribution in [0.25, 0.3) is 0 Å². The molecule has 0 spiro atoms. The van der Waals surface area contributed by atoms with Crippen LogP contribution < -0.4 is 5.32 Å². The molecule has 9 heteroatoms. The van der Waals surface area contributed by atoms with E-state index in [1.54, 1.807) is 0 Å². The Morgan fingerprint density at radius 1 is 1.03 bits per heavy atom. The topological polar surface area (TPSA) is 55.4 Å². The standard InChI is InChI=1S/C20H18BrF4NO.C8H8O2/c21-16-7-4-12(5-8-16)13-2-1-3-14(10-13)19(27)26-18-9-6-15(11-17(18)22)20(23,24)25;9-7-10-6-8-4-2-1-3-5-8/h4-9,11,13-14H,1-3,10H2,(H,26,27);1-5,7H,6H2. The average molecular weight is 580 g/mol. The quantitative estimate of drug-likeness (QED) is 0.239. The fourth-order valence-corrected chi connectivity index (χ4v) is 4.46. The maximum atomic E-state index is 14.0. The van der Waals surface area contributed by atoms with Crippen molar-refractivity contribution in [2.24, 2.45) is 5.92 Å². The minimum atomic E-state index is -4.62. The van der Waals surface area contributed by atoms with E-state index in [9.17, 15) is 27.2 Å². The number of carbonyl (C=O) groups is 2. The highest BCUT2D eigenvalue weighted by atomic mass is 79.9. The molecule has 3 aromatic carbocycles. The summed E-state index contributed by atoms with van der Waals surface area (Å²) >= 11 is 3.40. The summed E-state index contributed by atoms with van der Waals surface area (Å²) in [4.78, 5) is 22.3. The van der Waals surface area contributed by atoms with Crippen molar-refractivity contribution in [1.82, 2.24) is 0 Å². The van der Waals surface area contributed by atoms with Gasteiger partial charge in [-0.1, -0.05) is 64.8 Å². The number of halogens is 5. The van der Waals surface area contributed by atoms with Crippen molar-refractivity contribution in [3.8, 4) is 0 Å². The van der Waals surface area contributed by atoms with Gasteiger partial charge in [0.15, 0.2) is 0 Å². The molecule has 1 N–H and O–H groups in total. The Labute approximate surface area is 221 Å². The highest BCUT2D eigenvalue weighted by Crippen LogP contribution is 2.37. The van der Waals surface area contributed by atoms with Gasteiger partial charge in [0.1, 0.15) is 12.4 Å². The maximum Gasteiger partial charge on any atom is 0.416 e. The Bertz CT molecular complexity index is 1170. The molecule has 4 rings (SSSR count). The van der Waals surface area contributed by atoms with Crippen LogP contribution in [0.3, 0.4) is 0 Å².